The molecule has 3 nitrogen and oxygen atoms in total. The molecule has 0 bridgehead atoms. The molecule has 1 aliphatic rings. The second kappa shape index (κ2) is 5.52. The highest BCUT2D eigenvalue weighted by atomic mass is 16.5. The first-order valence-corrected chi connectivity index (χ1v) is 6.31. The van der Waals surface area contributed by atoms with Crippen molar-refractivity contribution in [3.8, 4) is 0 Å². The van der Waals surface area contributed by atoms with Crippen molar-refractivity contribution in [2.45, 2.75) is 32.4 Å². The van der Waals surface area contributed by atoms with Crippen LogP contribution in [0.1, 0.15) is 24.5 Å². The average Bonchev–Trinajstić information content (AvgIpc) is 2.36. The van der Waals surface area contributed by atoms with Crippen molar-refractivity contribution in [3.63, 3.8) is 0 Å². The first kappa shape index (κ1) is 12.4. The maximum absolute atomic E-state index is 6.05. The van der Waals surface area contributed by atoms with Crippen LogP contribution < -0.4 is 5.73 Å². The fourth-order valence-electron chi connectivity index (χ4n) is 2.47. The van der Waals surface area contributed by atoms with Crippen LogP contribution in [0.5, 0.6) is 0 Å². The Balaban J connectivity index is 2.05. The fraction of sp³-hybridized carbons (Fsp3) is 0.571. The van der Waals surface area contributed by atoms with Crippen LogP contribution in [0, 0.1) is 0 Å². The minimum atomic E-state index is 0.558. The number of nitrogens with two attached hydrogens (primary N) is 1. The summed E-state index contributed by atoms with van der Waals surface area (Å²) in [7, 11) is 1.76. The maximum atomic E-state index is 6.05. The van der Waals surface area contributed by atoms with E-state index in [-0.39, 0.29) is 0 Å². The van der Waals surface area contributed by atoms with Gasteiger partial charge < -0.3 is 10.5 Å². The number of hydrogen-bond acceptors (Lipinski definition) is 3. The lowest BCUT2D eigenvalue weighted by molar-refractivity contribution is 0.129. The first-order chi connectivity index (χ1) is 8.22. The van der Waals surface area contributed by atoms with Crippen molar-refractivity contribution in [2.24, 2.45) is 0 Å². The highest BCUT2D eigenvalue weighted by molar-refractivity contribution is 5.51. The molecular formula is C14H22N2O. The molecule has 1 unspecified atom stereocenters. The van der Waals surface area contributed by atoms with E-state index in [4.69, 9.17) is 10.5 Å². The molecular weight excluding hydrogens is 212 g/mol. The van der Waals surface area contributed by atoms with Gasteiger partial charge in [-0.2, -0.15) is 0 Å². The Bertz CT molecular complexity index is 378. The summed E-state index contributed by atoms with van der Waals surface area (Å²) in [5.74, 6) is 0. The summed E-state index contributed by atoms with van der Waals surface area (Å²) >= 11 is 0. The predicted octanol–water partition coefficient (Wildman–Crippen LogP) is 2.05. The Kier molecular flexibility index (Phi) is 4.02. The zero-order valence-corrected chi connectivity index (χ0v) is 10.8. The van der Waals surface area contributed by atoms with Crippen LogP contribution in [-0.2, 0) is 17.7 Å². The molecule has 0 amide bonds. The Labute approximate surface area is 104 Å². The lowest BCUT2D eigenvalue weighted by Crippen LogP contribution is -2.38. The normalized spacial score (nSPS) is 17.8. The molecule has 2 N–H and O–H groups in total. The standard InChI is InChI=1S/C14H22N2O/c1-11(7-9-17-2)16-8-6-12-4-3-5-14(15)13(12)10-16/h3-5,11H,6-10,15H2,1-2H3. The van der Waals surface area contributed by atoms with Crippen molar-refractivity contribution < 1.29 is 4.74 Å². The van der Waals surface area contributed by atoms with Gasteiger partial charge in [-0.1, -0.05) is 12.1 Å². The molecule has 0 saturated carbocycles. The van der Waals surface area contributed by atoms with Gasteiger partial charge in [-0.25, -0.2) is 0 Å². The van der Waals surface area contributed by atoms with Crippen LogP contribution >= 0.6 is 0 Å². The summed E-state index contributed by atoms with van der Waals surface area (Å²) in [5.41, 5.74) is 9.73. The Morgan fingerprint density at radius 1 is 1.47 bits per heavy atom. The number of nitrogens with zero attached hydrogens (tertiary/aromatic N) is 1. The summed E-state index contributed by atoms with van der Waals surface area (Å²) in [5, 5.41) is 0. The van der Waals surface area contributed by atoms with E-state index >= 15 is 0 Å². The van der Waals surface area contributed by atoms with Gasteiger partial charge in [-0.3, -0.25) is 4.90 Å². The van der Waals surface area contributed by atoms with Crippen molar-refractivity contribution >= 4 is 5.69 Å². The van der Waals surface area contributed by atoms with Crippen LogP contribution in [0.4, 0.5) is 5.69 Å². The van der Waals surface area contributed by atoms with E-state index in [1.165, 1.54) is 11.1 Å². The Morgan fingerprint density at radius 2 is 2.29 bits per heavy atom. The van der Waals surface area contributed by atoms with Gasteiger partial charge in [0.2, 0.25) is 0 Å². The molecule has 0 fully saturated rings. The maximum Gasteiger partial charge on any atom is 0.0477 e. The van der Waals surface area contributed by atoms with E-state index < -0.39 is 0 Å². The SMILES string of the molecule is COCCC(C)N1CCc2cccc(N)c2C1. The van der Waals surface area contributed by atoms with Crippen molar-refractivity contribution in [2.75, 3.05) is 26.0 Å². The molecule has 2 rings (SSSR count). The summed E-state index contributed by atoms with van der Waals surface area (Å²) in [6.45, 7) is 5.20. The minimum absolute atomic E-state index is 0.558. The number of hydrogen-bond donors (Lipinski definition) is 1. The number of nitrogen functional groups attached to an aromatic ring is 1. The number of anilines is 1. The van der Waals surface area contributed by atoms with Crippen LogP contribution in [0.15, 0.2) is 18.2 Å². The first-order valence-electron chi connectivity index (χ1n) is 6.31. The number of fused-ring (bicyclic) bond motifs is 1. The molecule has 1 aromatic carbocycles. The van der Waals surface area contributed by atoms with Crippen LogP contribution in [0.25, 0.3) is 0 Å². The summed E-state index contributed by atoms with van der Waals surface area (Å²) < 4.78 is 5.15. The summed E-state index contributed by atoms with van der Waals surface area (Å²) in [6, 6.07) is 6.81. The highest BCUT2D eigenvalue weighted by Gasteiger charge is 2.21. The summed E-state index contributed by atoms with van der Waals surface area (Å²) in [6.07, 6.45) is 2.19. The molecule has 1 aromatic rings. The van der Waals surface area contributed by atoms with Crippen LogP contribution in [0.3, 0.4) is 0 Å². The molecule has 1 atom stereocenters. The largest absolute Gasteiger partial charge is 0.398 e. The molecule has 3 heteroatoms. The van der Waals surface area contributed by atoms with Gasteiger partial charge >= 0.3 is 0 Å². The van der Waals surface area contributed by atoms with E-state index in [1.807, 2.05) is 6.07 Å². The zero-order chi connectivity index (χ0) is 12.3. The topological polar surface area (TPSA) is 38.5 Å². The van der Waals surface area contributed by atoms with Gasteiger partial charge in [-0.15, -0.1) is 0 Å². The van der Waals surface area contributed by atoms with Gasteiger partial charge in [-0.05, 0) is 37.0 Å². The van der Waals surface area contributed by atoms with Gasteiger partial charge in [0.1, 0.15) is 0 Å². The minimum Gasteiger partial charge on any atom is -0.398 e. The molecule has 0 aliphatic carbocycles. The third-order valence-corrected chi connectivity index (χ3v) is 3.70. The number of rotatable bonds is 4. The van der Waals surface area contributed by atoms with Crippen molar-refractivity contribution in [1.82, 2.24) is 4.90 Å². The highest BCUT2D eigenvalue weighted by Crippen LogP contribution is 2.25. The van der Waals surface area contributed by atoms with E-state index in [1.54, 1.807) is 7.11 Å². The molecule has 1 aliphatic heterocycles. The molecule has 0 saturated heterocycles. The zero-order valence-electron chi connectivity index (χ0n) is 10.8. The van der Waals surface area contributed by atoms with Gasteiger partial charge in [0.05, 0.1) is 0 Å². The second-order valence-electron chi connectivity index (χ2n) is 4.84. The number of methoxy groups -OCH3 is 1. The van der Waals surface area contributed by atoms with Gasteiger partial charge in [0.15, 0.2) is 0 Å². The lowest BCUT2D eigenvalue weighted by atomic mass is 9.97. The molecule has 1 heterocycles. The number of benzene rings is 1. The third kappa shape index (κ3) is 2.79. The second-order valence-corrected chi connectivity index (χ2v) is 4.84. The molecule has 0 radical (unpaired) electrons. The van der Waals surface area contributed by atoms with E-state index in [2.05, 4.69) is 24.0 Å². The third-order valence-electron chi connectivity index (χ3n) is 3.70. The quantitative estimate of drug-likeness (QED) is 0.810. The van der Waals surface area contributed by atoms with E-state index in [0.29, 0.717) is 6.04 Å². The van der Waals surface area contributed by atoms with Crippen molar-refractivity contribution in [1.29, 1.82) is 0 Å². The lowest BCUT2D eigenvalue weighted by Gasteiger charge is -2.34. The van der Waals surface area contributed by atoms with Crippen LogP contribution in [0.2, 0.25) is 0 Å². The van der Waals surface area contributed by atoms with E-state index in [9.17, 15) is 0 Å². The predicted molar refractivity (Wildman–Crippen MR) is 70.9 cm³/mol. The Morgan fingerprint density at radius 3 is 3.06 bits per heavy atom. The summed E-state index contributed by atoms with van der Waals surface area (Å²) in [4.78, 5) is 2.50. The van der Waals surface area contributed by atoms with Gasteiger partial charge in [0.25, 0.3) is 0 Å². The van der Waals surface area contributed by atoms with Crippen LogP contribution in [-0.4, -0.2) is 31.2 Å². The van der Waals surface area contributed by atoms with Crippen molar-refractivity contribution in [3.05, 3.63) is 29.3 Å². The average molecular weight is 234 g/mol. The monoisotopic (exact) mass is 234 g/mol. The Hall–Kier alpha value is -1.06. The molecule has 94 valence electrons. The smallest absolute Gasteiger partial charge is 0.0477 e. The van der Waals surface area contributed by atoms with Gasteiger partial charge in [0, 0.05) is 38.5 Å². The molecule has 17 heavy (non-hydrogen) atoms. The fourth-order valence-corrected chi connectivity index (χ4v) is 2.47. The molecule has 0 aromatic heterocycles. The number of ether oxygens (including phenoxy) is 1. The molecule has 0 spiro atoms. The van der Waals surface area contributed by atoms with E-state index in [0.717, 1.165) is 38.2 Å².